The minimum absolute atomic E-state index is 0.00911. The van der Waals surface area contributed by atoms with Gasteiger partial charge in [-0.2, -0.15) is 0 Å². The maximum atomic E-state index is 11.0. The van der Waals surface area contributed by atoms with Crippen molar-refractivity contribution >= 4 is 22.1 Å². The van der Waals surface area contributed by atoms with Gasteiger partial charge in [0.15, 0.2) is 0 Å². The van der Waals surface area contributed by atoms with Crippen LogP contribution < -0.4 is 5.32 Å². The number of aryl methyl sites for hydroxylation is 1. The van der Waals surface area contributed by atoms with Gasteiger partial charge < -0.3 is 15.5 Å². The summed E-state index contributed by atoms with van der Waals surface area (Å²) in [4.78, 5) is 10.5. The van der Waals surface area contributed by atoms with Gasteiger partial charge in [-0.25, -0.2) is 0 Å². The minimum atomic E-state index is -0.751. The molecule has 0 heterocycles. The van der Waals surface area contributed by atoms with Crippen LogP contribution in [0.15, 0.2) is 24.3 Å². The summed E-state index contributed by atoms with van der Waals surface area (Å²) in [5.74, 6) is 0.00911. The third-order valence-corrected chi connectivity index (χ3v) is 2.85. The predicted molar refractivity (Wildman–Crippen MR) is 72.3 cm³/mol. The van der Waals surface area contributed by atoms with Crippen LogP contribution in [-0.2, 0) is 0 Å². The molecule has 0 aliphatic rings. The first-order valence-corrected chi connectivity index (χ1v) is 5.75. The Bertz CT molecular complexity index is 653. The van der Waals surface area contributed by atoms with Gasteiger partial charge in [-0.3, -0.25) is 10.1 Å². The number of aromatic hydroxyl groups is 1. The summed E-state index contributed by atoms with van der Waals surface area (Å²) >= 11 is 0. The van der Waals surface area contributed by atoms with E-state index in [1.54, 1.807) is 32.0 Å². The Morgan fingerprint density at radius 1 is 1.32 bits per heavy atom. The quantitative estimate of drug-likeness (QED) is 0.448. The number of nitro benzene ring substituents is 1. The smallest absolute Gasteiger partial charge is 0.277 e. The third kappa shape index (κ3) is 2.43. The molecule has 0 bridgehead atoms. The molecule has 0 saturated carbocycles. The van der Waals surface area contributed by atoms with Crippen LogP contribution in [0.3, 0.4) is 0 Å². The van der Waals surface area contributed by atoms with E-state index in [9.17, 15) is 20.3 Å². The first-order valence-electron chi connectivity index (χ1n) is 5.75. The number of phenols is 1. The molecule has 0 amide bonds. The normalized spacial score (nSPS) is 12.4. The van der Waals surface area contributed by atoms with Crippen LogP contribution in [0, 0.1) is 17.0 Å². The van der Waals surface area contributed by atoms with Crippen molar-refractivity contribution < 1.29 is 15.1 Å². The van der Waals surface area contributed by atoms with E-state index in [-0.39, 0.29) is 11.4 Å². The Morgan fingerprint density at radius 2 is 2.00 bits per heavy atom. The fraction of sp³-hybridized carbons (Fsp3) is 0.231. The van der Waals surface area contributed by atoms with Crippen molar-refractivity contribution in [2.24, 2.45) is 0 Å². The average molecular weight is 262 g/mol. The highest BCUT2D eigenvalue weighted by Gasteiger charge is 2.17. The van der Waals surface area contributed by atoms with Crippen molar-refractivity contribution in [3.8, 4) is 5.75 Å². The van der Waals surface area contributed by atoms with E-state index in [0.717, 1.165) is 0 Å². The van der Waals surface area contributed by atoms with E-state index >= 15 is 0 Å². The van der Waals surface area contributed by atoms with E-state index in [4.69, 9.17) is 0 Å². The summed E-state index contributed by atoms with van der Waals surface area (Å²) in [7, 11) is 0. The molecule has 100 valence electrons. The molecule has 6 nitrogen and oxygen atoms in total. The second kappa shape index (κ2) is 4.74. The average Bonchev–Trinajstić information content (AvgIpc) is 2.33. The summed E-state index contributed by atoms with van der Waals surface area (Å²) in [6.45, 7) is 3.17. The minimum Gasteiger partial charge on any atom is -0.507 e. The summed E-state index contributed by atoms with van der Waals surface area (Å²) < 4.78 is 0. The zero-order valence-corrected chi connectivity index (χ0v) is 10.5. The predicted octanol–water partition coefficient (Wildman–Crippen LogP) is 2.51. The molecule has 2 rings (SSSR count). The van der Waals surface area contributed by atoms with Crippen LogP contribution in [-0.4, -0.2) is 21.4 Å². The number of benzene rings is 2. The van der Waals surface area contributed by atoms with Gasteiger partial charge in [0, 0.05) is 17.1 Å². The molecule has 2 aromatic rings. The topological polar surface area (TPSA) is 95.6 Å². The Balaban J connectivity index is 2.70. The zero-order valence-electron chi connectivity index (χ0n) is 10.5. The molecular weight excluding hydrogens is 248 g/mol. The zero-order chi connectivity index (χ0) is 14.2. The number of phenolic OH excluding ortho intramolecular Hbond substituents is 1. The summed E-state index contributed by atoms with van der Waals surface area (Å²) in [6.07, 6.45) is -0.751. The molecular formula is C13H14N2O4. The van der Waals surface area contributed by atoms with Gasteiger partial charge >= 0.3 is 0 Å². The van der Waals surface area contributed by atoms with Gasteiger partial charge in [0.1, 0.15) is 12.0 Å². The van der Waals surface area contributed by atoms with E-state index in [2.05, 4.69) is 5.32 Å². The largest absolute Gasteiger partial charge is 0.507 e. The number of nitrogens with one attached hydrogen (secondary N) is 1. The van der Waals surface area contributed by atoms with Crippen LogP contribution in [0.25, 0.3) is 10.8 Å². The van der Waals surface area contributed by atoms with Crippen LogP contribution in [0.1, 0.15) is 12.5 Å². The van der Waals surface area contributed by atoms with Gasteiger partial charge in [0.25, 0.3) is 5.69 Å². The number of non-ortho nitro benzene ring substituents is 1. The SMILES string of the molecule is Cc1cc([N+](=O)[O-])c2ccc(NC(C)O)cc2c1O. The van der Waals surface area contributed by atoms with Gasteiger partial charge in [-0.15, -0.1) is 0 Å². The van der Waals surface area contributed by atoms with Crippen molar-refractivity contribution in [3.05, 3.63) is 39.9 Å². The Morgan fingerprint density at radius 3 is 2.58 bits per heavy atom. The molecule has 0 spiro atoms. The summed E-state index contributed by atoms with van der Waals surface area (Å²) in [6, 6.07) is 6.10. The van der Waals surface area contributed by atoms with E-state index < -0.39 is 11.2 Å². The molecule has 0 aliphatic heterocycles. The van der Waals surface area contributed by atoms with Crippen LogP contribution in [0.4, 0.5) is 11.4 Å². The van der Waals surface area contributed by atoms with Crippen molar-refractivity contribution in [3.63, 3.8) is 0 Å². The fourth-order valence-electron chi connectivity index (χ4n) is 2.01. The lowest BCUT2D eigenvalue weighted by atomic mass is 10.0. The van der Waals surface area contributed by atoms with Crippen LogP contribution >= 0.6 is 0 Å². The molecule has 3 N–H and O–H groups in total. The van der Waals surface area contributed by atoms with Crippen molar-refractivity contribution in [1.29, 1.82) is 0 Å². The van der Waals surface area contributed by atoms with Crippen molar-refractivity contribution in [2.45, 2.75) is 20.1 Å². The number of hydrogen-bond acceptors (Lipinski definition) is 5. The molecule has 1 unspecified atom stereocenters. The van der Waals surface area contributed by atoms with Crippen molar-refractivity contribution in [2.75, 3.05) is 5.32 Å². The Labute approximate surface area is 109 Å². The van der Waals surface area contributed by atoms with E-state index in [1.165, 1.54) is 6.07 Å². The highest BCUT2D eigenvalue weighted by Crippen LogP contribution is 2.36. The van der Waals surface area contributed by atoms with Crippen LogP contribution in [0.5, 0.6) is 5.75 Å². The molecule has 0 saturated heterocycles. The molecule has 0 aliphatic carbocycles. The number of hydrogen-bond donors (Lipinski definition) is 3. The second-order valence-electron chi connectivity index (χ2n) is 4.40. The van der Waals surface area contributed by atoms with E-state index in [0.29, 0.717) is 22.0 Å². The summed E-state index contributed by atoms with van der Waals surface area (Å²) in [5.41, 5.74) is 0.972. The standard InChI is InChI=1S/C13H14N2O4/c1-7-5-12(15(18)19)10-4-3-9(14-8(2)16)6-11(10)13(7)17/h3-6,8,14,16-17H,1-2H3. The lowest BCUT2D eigenvalue weighted by Gasteiger charge is -2.11. The molecule has 19 heavy (non-hydrogen) atoms. The van der Waals surface area contributed by atoms with Crippen molar-refractivity contribution in [1.82, 2.24) is 0 Å². The molecule has 6 heteroatoms. The Hall–Kier alpha value is -2.34. The third-order valence-electron chi connectivity index (χ3n) is 2.85. The van der Waals surface area contributed by atoms with Gasteiger partial charge in [-0.1, -0.05) is 0 Å². The number of aliphatic hydroxyl groups is 1. The number of nitro groups is 1. The van der Waals surface area contributed by atoms with Crippen LogP contribution in [0.2, 0.25) is 0 Å². The monoisotopic (exact) mass is 262 g/mol. The highest BCUT2D eigenvalue weighted by molar-refractivity contribution is 5.98. The fourth-order valence-corrected chi connectivity index (χ4v) is 2.01. The maximum Gasteiger partial charge on any atom is 0.277 e. The molecule has 1 atom stereocenters. The molecule has 0 fully saturated rings. The first-order chi connectivity index (χ1) is 8.90. The van der Waals surface area contributed by atoms with Gasteiger partial charge in [0.2, 0.25) is 0 Å². The molecule has 0 aromatic heterocycles. The second-order valence-corrected chi connectivity index (χ2v) is 4.40. The number of nitrogens with zero attached hydrogens (tertiary/aromatic N) is 1. The van der Waals surface area contributed by atoms with Gasteiger partial charge in [-0.05, 0) is 37.6 Å². The first kappa shape index (κ1) is 13.1. The maximum absolute atomic E-state index is 11.0. The lowest BCUT2D eigenvalue weighted by Crippen LogP contribution is -2.13. The Kier molecular flexibility index (Phi) is 3.26. The molecule has 0 radical (unpaired) electrons. The number of anilines is 1. The number of fused-ring (bicyclic) bond motifs is 1. The van der Waals surface area contributed by atoms with E-state index in [1.807, 2.05) is 0 Å². The lowest BCUT2D eigenvalue weighted by molar-refractivity contribution is -0.383. The van der Waals surface area contributed by atoms with Gasteiger partial charge in [0.05, 0.1) is 10.3 Å². The molecule has 2 aromatic carbocycles. The number of rotatable bonds is 3. The summed E-state index contributed by atoms with van der Waals surface area (Å²) in [5, 5.41) is 33.8. The highest BCUT2D eigenvalue weighted by atomic mass is 16.6. The number of aliphatic hydroxyl groups excluding tert-OH is 1.